The molecule has 0 unspecified atom stereocenters. The van der Waals surface area contributed by atoms with Crippen LogP contribution in [0.15, 0.2) is 89.9 Å². The lowest BCUT2D eigenvalue weighted by Crippen LogP contribution is -2.08. The molecule has 3 aromatic carbocycles. The van der Waals surface area contributed by atoms with Crippen LogP contribution in [0.25, 0.3) is 0 Å². The molecule has 0 aliphatic heterocycles. The van der Waals surface area contributed by atoms with E-state index < -0.39 is 0 Å². The summed E-state index contributed by atoms with van der Waals surface area (Å²) >= 11 is 3.63. The second-order valence-electron chi connectivity index (χ2n) is 6.65. The van der Waals surface area contributed by atoms with Crippen LogP contribution in [0.2, 0.25) is 0 Å². The maximum Gasteiger partial charge on any atom is 0.168 e. The first-order valence-corrected chi connectivity index (χ1v) is 10.4. The molecule has 0 fully saturated rings. The standard InChI is InChI=1S/C25H25BrO3/c1-3-19(2)27-18-22-23(26)14-15-24(28-16-20-10-6-4-7-11-20)25(22)29-17-21-12-8-5-9-13-21/h3-15,19H,1,16-18H2,2H3/t19-/m0/s1. The first-order chi connectivity index (χ1) is 14.2. The third kappa shape index (κ3) is 6.21. The maximum atomic E-state index is 6.23. The van der Waals surface area contributed by atoms with E-state index in [-0.39, 0.29) is 6.10 Å². The van der Waals surface area contributed by atoms with Gasteiger partial charge in [-0.2, -0.15) is 0 Å². The predicted molar refractivity (Wildman–Crippen MR) is 120 cm³/mol. The summed E-state index contributed by atoms with van der Waals surface area (Å²) < 4.78 is 19.2. The fraction of sp³-hybridized carbons (Fsp3) is 0.200. The normalized spacial score (nSPS) is 11.7. The van der Waals surface area contributed by atoms with Crippen molar-refractivity contribution >= 4 is 15.9 Å². The molecule has 0 N–H and O–H groups in total. The number of halogens is 1. The van der Waals surface area contributed by atoms with Gasteiger partial charge >= 0.3 is 0 Å². The summed E-state index contributed by atoms with van der Waals surface area (Å²) in [5.74, 6) is 1.38. The van der Waals surface area contributed by atoms with Crippen molar-refractivity contribution < 1.29 is 14.2 Å². The molecule has 3 nitrogen and oxygen atoms in total. The van der Waals surface area contributed by atoms with E-state index in [1.54, 1.807) is 6.08 Å². The van der Waals surface area contributed by atoms with Gasteiger partial charge in [-0.3, -0.25) is 0 Å². The molecule has 0 aromatic heterocycles. The van der Waals surface area contributed by atoms with E-state index in [9.17, 15) is 0 Å². The average molecular weight is 453 g/mol. The first-order valence-electron chi connectivity index (χ1n) is 9.56. The number of benzene rings is 3. The minimum absolute atomic E-state index is 0.0576. The third-order valence-corrected chi connectivity index (χ3v) is 5.20. The Morgan fingerprint density at radius 2 is 1.41 bits per heavy atom. The van der Waals surface area contributed by atoms with Gasteiger partial charge in [0.2, 0.25) is 0 Å². The van der Waals surface area contributed by atoms with E-state index in [4.69, 9.17) is 14.2 Å². The molecule has 0 amide bonds. The van der Waals surface area contributed by atoms with E-state index >= 15 is 0 Å². The molecule has 4 heteroatoms. The van der Waals surface area contributed by atoms with Gasteiger partial charge in [0.05, 0.1) is 12.7 Å². The van der Waals surface area contributed by atoms with Crippen molar-refractivity contribution in [2.75, 3.05) is 0 Å². The van der Waals surface area contributed by atoms with E-state index in [0.717, 1.165) is 21.2 Å². The molecule has 0 saturated heterocycles. The molecule has 0 aliphatic carbocycles. The van der Waals surface area contributed by atoms with Crippen molar-refractivity contribution in [1.29, 1.82) is 0 Å². The average Bonchev–Trinajstić information content (AvgIpc) is 2.77. The van der Waals surface area contributed by atoms with Crippen molar-refractivity contribution in [3.63, 3.8) is 0 Å². The number of rotatable bonds is 10. The van der Waals surface area contributed by atoms with Gasteiger partial charge in [0, 0.05) is 10.0 Å². The van der Waals surface area contributed by atoms with E-state index in [2.05, 4.69) is 22.5 Å². The summed E-state index contributed by atoms with van der Waals surface area (Å²) in [6.07, 6.45) is 1.71. The van der Waals surface area contributed by atoms with Crippen molar-refractivity contribution in [1.82, 2.24) is 0 Å². The molecule has 0 spiro atoms. The molecule has 3 aromatic rings. The minimum atomic E-state index is -0.0576. The molecule has 0 heterocycles. The molecule has 0 aliphatic rings. The van der Waals surface area contributed by atoms with Crippen LogP contribution in [-0.4, -0.2) is 6.10 Å². The molecule has 29 heavy (non-hydrogen) atoms. The molecular formula is C25H25BrO3. The van der Waals surface area contributed by atoms with Crippen molar-refractivity contribution in [2.24, 2.45) is 0 Å². The summed E-state index contributed by atoms with van der Waals surface area (Å²) in [5, 5.41) is 0. The Balaban J connectivity index is 1.85. The largest absolute Gasteiger partial charge is 0.485 e. The summed E-state index contributed by atoms with van der Waals surface area (Å²) in [6, 6.07) is 24.0. The van der Waals surface area contributed by atoms with Crippen LogP contribution < -0.4 is 9.47 Å². The van der Waals surface area contributed by atoms with Crippen LogP contribution in [-0.2, 0) is 24.6 Å². The van der Waals surface area contributed by atoms with Crippen LogP contribution in [0.4, 0.5) is 0 Å². The van der Waals surface area contributed by atoms with Crippen molar-refractivity contribution in [3.05, 3.63) is 107 Å². The Bertz CT molecular complexity index is 910. The molecule has 0 bridgehead atoms. The van der Waals surface area contributed by atoms with Crippen LogP contribution in [0.3, 0.4) is 0 Å². The molecule has 150 valence electrons. The Morgan fingerprint density at radius 1 is 0.828 bits per heavy atom. The first kappa shape index (κ1) is 21.2. The van der Waals surface area contributed by atoms with Gasteiger partial charge in [0.1, 0.15) is 13.2 Å². The fourth-order valence-electron chi connectivity index (χ4n) is 2.74. The van der Waals surface area contributed by atoms with Gasteiger partial charge in [-0.25, -0.2) is 0 Å². The second-order valence-corrected chi connectivity index (χ2v) is 7.51. The monoisotopic (exact) mass is 452 g/mol. The molecule has 3 rings (SSSR count). The topological polar surface area (TPSA) is 27.7 Å². The van der Waals surface area contributed by atoms with Gasteiger partial charge in [0.25, 0.3) is 0 Å². The highest BCUT2D eigenvalue weighted by Gasteiger charge is 2.17. The van der Waals surface area contributed by atoms with E-state index in [1.165, 1.54) is 0 Å². The highest BCUT2D eigenvalue weighted by Crippen LogP contribution is 2.38. The van der Waals surface area contributed by atoms with Crippen LogP contribution >= 0.6 is 15.9 Å². The Labute approximate surface area is 181 Å². The van der Waals surface area contributed by atoms with Crippen molar-refractivity contribution in [3.8, 4) is 11.5 Å². The van der Waals surface area contributed by atoms with Crippen molar-refractivity contribution in [2.45, 2.75) is 32.8 Å². The highest BCUT2D eigenvalue weighted by atomic mass is 79.9. The predicted octanol–water partition coefficient (Wildman–Crippen LogP) is 6.70. The van der Waals surface area contributed by atoms with Gasteiger partial charge in [-0.15, -0.1) is 6.58 Å². The lowest BCUT2D eigenvalue weighted by atomic mass is 10.2. The lowest BCUT2D eigenvalue weighted by Gasteiger charge is -2.19. The Hall–Kier alpha value is -2.56. The van der Waals surface area contributed by atoms with Crippen LogP contribution in [0.1, 0.15) is 23.6 Å². The molecular weight excluding hydrogens is 428 g/mol. The Kier molecular flexibility index (Phi) is 7.91. The summed E-state index contributed by atoms with van der Waals surface area (Å²) in [6.45, 7) is 7.04. The number of ether oxygens (including phenoxy) is 3. The van der Waals surface area contributed by atoms with Gasteiger partial charge in [-0.1, -0.05) is 82.7 Å². The van der Waals surface area contributed by atoms with Gasteiger partial charge in [0.15, 0.2) is 11.5 Å². The second kappa shape index (κ2) is 10.8. The molecule has 1 atom stereocenters. The summed E-state index contributed by atoms with van der Waals surface area (Å²) in [7, 11) is 0. The smallest absolute Gasteiger partial charge is 0.168 e. The van der Waals surface area contributed by atoms with Crippen LogP contribution in [0, 0.1) is 0 Å². The summed E-state index contributed by atoms with van der Waals surface area (Å²) in [4.78, 5) is 0. The zero-order chi connectivity index (χ0) is 20.5. The minimum Gasteiger partial charge on any atom is -0.485 e. The molecule has 0 radical (unpaired) electrons. The lowest BCUT2D eigenvalue weighted by molar-refractivity contribution is 0.0813. The molecule has 0 saturated carbocycles. The van der Waals surface area contributed by atoms with E-state index in [1.807, 2.05) is 79.7 Å². The van der Waals surface area contributed by atoms with Gasteiger partial charge < -0.3 is 14.2 Å². The van der Waals surface area contributed by atoms with Gasteiger partial charge in [-0.05, 0) is 30.2 Å². The number of hydrogen-bond acceptors (Lipinski definition) is 3. The SMILES string of the molecule is C=C[C@H](C)OCc1c(Br)ccc(OCc2ccccc2)c1OCc1ccccc1. The summed E-state index contributed by atoms with van der Waals surface area (Å²) in [5.41, 5.74) is 3.11. The fourth-order valence-corrected chi connectivity index (χ4v) is 3.16. The number of hydrogen-bond donors (Lipinski definition) is 0. The van der Waals surface area contributed by atoms with Crippen LogP contribution in [0.5, 0.6) is 11.5 Å². The Morgan fingerprint density at radius 3 is 2.00 bits per heavy atom. The maximum absolute atomic E-state index is 6.23. The zero-order valence-corrected chi connectivity index (χ0v) is 18.1. The van der Waals surface area contributed by atoms with E-state index in [0.29, 0.717) is 31.3 Å². The third-order valence-electron chi connectivity index (χ3n) is 4.45. The zero-order valence-electron chi connectivity index (χ0n) is 16.5. The quantitative estimate of drug-likeness (QED) is 0.320. The highest BCUT2D eigenvalue weighted by molar-refractivity contribution is 9.10.